The summed E-state index contributed by atoms with van der Waals surface area (Å²) in [4.78, 5) is 12.4. The van der Waals surface area contributed by atoms with Crippen LogP contribution < -0.4 is 15.4 Å². The zero-order valence-electron chi connectivity index (χ0n) is 19.4. The number of hydrogen-bond donors (Lipinski definition) is 3. The lowest BCUT2D eigenvalue weighted by Gasteiger charge is -2.32. The van der Waals surface area contributed by atoms with Gasteiger partial charge in [-0.05, 0) is 64.3 Å². The Balaban J connectivity index is 2.09. The van der Waals surface area contributed by atoms with E-state index >= 15 is 0 Å². The van der Waals surface area contributed by atoms with Crippen LogP contribution >= 0.6 is 0 Å². The Morgan fingerprint density at radius 2 is 1.71 bits per heavy atom. The predicted molar refractivity (Wildman–Crippen MR) is 123 cm³/mol. The minimum Gasteiger partial charge on any atom is -0.497 e. The van der Waals surface area contributed by atoms with E-state index in [-0.39, 0.29) is 6.54 Å². The molecular formula is C25H36N2O4. The molecule has 0 aliphatic heterocycles. The molecule has 0 aliphatic carbocycles. The normalized spacial score (nSPS) is 13.9. The molecule has 2 rings (SSSR count). The Morgan fingerprint density at radius 1 is 1.03 bits per heavy atom. The highest BCUT2D eigenvalue weighted by Crippen LogP contribution is 2.24. The molecule has 0 unspecified atom stereocenters. The first-order valence-corrected chi connectivity index (χ1v) is 10.6. The third-order valence-corrected chi connectivity index (χ3v) is 5.01. The maximum absolute atomic E-state index is 12.4. The molecule has 0 bridgehead atoms. The highest BCUT2D eigenvalue weighted by atomic mass is 16.6. The molecule has 0 spiro atoms. The first kappa shape index (κ1) is 24.7. The van der Waals surface area contributed by atoms with Gasteiger partial charge in [0.25, 0.3) is 0 Å². The van der Waals surface area contributed by atoms with Gasteiger partial charge in [0.15, 0.2) is 0 Å². The van der Waals surface area contributed by atoms with E-state index in [2.05, 4.69) is 10.6 Å². The average Bonchev–Trinajstić information content (AvgIpc) is 2.71. The highest BCUT2D eigenvalue weighted by Gasteiger charge is 2.28. The Hall–Kier alpha value is -2.57. The molecular weight excluding hydrogens is 392 g/mol. The number of aliphatic hydroxyl groups is 1. The first-order chi connectivity index (χ1) is 14.5. The molecule has 3 N–H and O–H groups in total. The van der Waals surface area contributed by atoms with Crippen molar-refractivity contribution in [2.24, 2.45) is 0 Å². The van der Waals surface area contributed by atoms with Crippen LogP contribution in [0.3, 0.4) is 0 Å². The van der Waals surface area contributed by atoms with Gasteiger partial charge in [-0.3, -0.25) is 0 Å². The lowest BCUT2D eigenvalue weighted by molar-refractivity contribution is 0.0415. The van der Waals surface area contributed by atoms with Crippen molar-refractivity contribution in [2.75, 3.05) is 13.7 Å². The average molecular weight is 429 g/mol. The van der Waals surface area contributed by atoms with Crippen molar-refractivity contribution in [3.8, 4) is 5.75 Å². The lowest BCUT2D eigenvalue weighted by Crippen LogP contribution is -2.52. The third-order valence-electron chi connectivity index (χ3n) is 5.01. The molecule has 2 aromatic rings. The van der Waals surface area contributed by atoms with E-state index < -0.39 is 29.4 Å². The van der Waals surface area contributed by atoms with Crippen LogP contribution in [-0.4, -0.2) is 42.6 Å². The predicted octanol–water partition coefficient (Wildman–Crippen LogP) is 4.02. The van der Waals surface area contributed by atoms with Gasteiger partial charge >= 0.3 is 6.09 Å². The number of alkyl carbamates (subject to hydrolysis) is 1. The number of carbonyl (C=O) groups excluding carboxylic acids is 1. The summed E-state index contributed by atoms with van der Waals surface area (Å²) >= 11 is 0. The molecule has 2 atom stereocenters. The van der Waals surface area contributed by atoms with E-state index in [1.807, 2.05) is 89.2 Å². The summed E-state index contributed by atoms with van der Waals surface area (Å²) in [5, 5.41) is 17.2. The molecule has 0 fully saturated rings. The summed E-state index contributed by atoms with van der Waals surface area (Å²) in [7, 11) is 1.64. The van der Waals surface area contributed by atoms with Crippen molar-refractivity contribution >= 4 is 6.09 Å². The standard InChI is InChI=1S/C25H36N2O4/c1-24(2,3)31-23(29)27-21(15-18-11-8-7-9-12-18)22(28)17-26-25(4,5)19-13-10-14-20(16-19)30-6/h7-14,16,21-22,26,28H,15,17H2,1-6H3,(H,27,29)/t21-,22+/m0/s1. The number of carbonyl (C=O) groups is 1. The molecule has 0 aromatic heterocycles. The second-order valence-electron chi connectivity index (χ2n) is 9.25. The minimum absolute atomic E-state index is 0.289. The number of hydrogen-bond acceptors (Lipinski definition) is 5. The summed E-state index contributed by atoms with van der Waals surface area (Å²) < 4.78 is 10.7. The highest BCUT2D eigenvalue weighted by molar-refractivity contribution is 5.68. The lowest BCUT2D eigenvalue weighted by atomic mass is 9.93. The summed E-state index contributed by atoms with van der Waals surface area (Å²) in [6.07, 6.45) is -0.875. The van der Waals surface area contributed by atoms with Crippen molar-refractivity contribution < 1.29 is 19.4 Å². The fraction of sp³-hybridized carbons (Fsp3) is 0.480. The van der Waals surface area contributed by atoms with E-state index in [9.17, 15) is 9.90 Å². The van der Waals surface area contributed by atoms with Crippen LogP contribution in [-0.2, 0) is 16.7 Å². The minimum atomic E-state index is -0.822. The number of benzene rings is 2. The van der Waals surface area contributed by atoms with Crippen molar-refractivity contribution in [1.82, 2.24) is 10.6 Å². The second kappa shape index (κ2) is 10.6. The zero-order valence-corrected chi connectivity index (χ0v) is 19.4. The number of rotatable bonds is 9. The van der Waals surface area contributed by atoms with Crippen molar-refractivity contribution in [3.05, 3.63) is 65.7 Å². The summed E-state index contributed by atoms with van der Waals surface area (Å²) in [6.45, 7) is 9.82. The maximum Gasteiger partial charge on any atom is 0.407 e. The molecule has 6 nitrogen and oxygen atoms in total. The van der Waals surface area contributed by atoms with E-state index in [1.54, 1.807) is 7.11 Å². The van der Waals surface area contributed by atoms with Crippen LogP contribution in [0.25, 0.3) is 0 Å². The molecule has 6 heteroatoms. The van der Waals surface area contributed by atoms with Crippen LogP contribution in [0.5, 0.6) is 5.75 Å². The number of nitrogens with one attached hydrogen (secondary N) is 2. The Kier molecular flexibility index (Phi) is 8.48. The smallest absolute Gasteiger partial charge is 0.407 e. The van der Waals surface area contributed by atoms with E-state index in [0.717, 1.165) is 16.9 Å². The van der Waals surface area contributed by atoms with Crippen LogP contribution in [0.4, 0.5) is 4.79 Å². The molecule has 2 aromatic carbocycles. The van der Waals surface area contributed by atoms with Gasteiger partial charge in [0.05, 0.1) is 19.3 Å². The van der Waals surface area contributed by atoms with Crippen molar-refractivity contribution in [2.45, 2.75) is 64.3 Å². The van der Waals surface area contributed by atoms with Gasteiger partial charge < -0.3 is 25.2 Å². The summed E-state index contributed by atoms with van der Waals surface area (Å²) in [6, 6.07) is 17.1. The molecule has 170 valence electrons. The largest absolute Gasteiger partial charge is 0.497 e. The zero-order chi connectivity index (χ0) is 23.1. The van der Waals surface area contributed by atoms with Crippen LogP contribution in [0.2, 0.25) is 0 Å². The summed E-state index contributed by atoms with van der Waals surface area (Å²) in [5.41, 5.74) is 1.05. The molecule has 1 amide bonds. The number of methoxy groups -OCH3 is 1. The SMILES string of the molecule is COc1cccc(C(C)(C)NC[C@@H](O)[C@H](Cc2ccccc2)NC(=O)OC(C)(C)C)c1. The fourth-order valence-electron chi connectivity index (χ4n) is 3.23. The quantitative estimate of drug-likeness (QED) is 0.562. The second-order valence-corrected chi connectivity index (χ2v) is 9.25. The molecule has 0 saturated carbocycles. The van der Waals surface area contributed by atoms with Gasteiger partial charge in [0, 0.05) is 12.1 Å². The van der Waals surface area contributed by atoms with Gasteiger partial charge in [-0.2, -0.15) is 0 Å². The fourth-order valence-corrected chi connectivity index (χ4v) is 3.23. The topological polar surface area (TPSA) is 79.8 Å². The molecule has 0 heterocycles. The van der Waals surface area contributed by atoms with Crippen molar-refractivity contribution in [3.63, 3.8) is 0 Å². The van der Waals surface area contributed by atoms with Gasteiger partial charge in [0.2, 0.25) is 0 Å². The third kappa shape index (κ3) is 8.23. The van der Waals surface area contributed by atoms with E-state index in [0.29, 0.717) is 6.42 Å². The van der Waals surface area contributed by atoms with Crippen LogP contribution in [0.15, 0.2) is 54.6 Å². The van der Waals surface area contributed by atoms with Gasteiger partial charge in [-0.1, -0.05) is 42.5 Å². The number of ether oxygens (including phenoxy) is 2. The Morgan fingerprint density at radius 3 is 2.32 bits per heavy atom. The molecule has 0 radical (unpaired) electrons. The maximum atomic E-state index is 12.4. The van der Waals surface area contributed by atoms with Gasteiger partial charge in [-0.15, -0.1) is 0 Å². The monoisotopic (exact) mass is 428 g/mol. The van der Waals surface area contributed by atoms with E-state index in [1.165, 1.54) is 0 Å². The Bertz CT molecular complexity index is 831. The van der Waals surface area contributed by atoms with E-state index in [4.69, 9.17) is 9.47 Å². The Labute approximate surface area is 186 Å². The van der Waals surface area contributed by atoms with Gasteiger partial charge in [-0.25, -0.2) is 4.79 Å². The molecule has 31 heavy (non-hydrogen) atoms. The van der Waals surface area contributed by atoms with Crippen LogP contribution in [0, 0.1) is 0 Å². The van der Waals surface area contributed by atoms with Crippen LogP contribution in [0.1, 0.15) is 45.7 Å². The van der Waals surface area contributed by atoms with Crippen molar-refractivity contribution in [1.29, 1.82) is 0 Å². The first-order valence-electron chi connectivity index (χ1n) is 10.6. The summed E-state index contributed by atoms with van der Waals surface area (Å²) in [5.74, 6) is 0.779. The molecule has 0 saturated heterocycles. The number of amides is 1. The molecule has 0 aliphatic rings. The number of aliphatic hydroxyl groups excluding tert-OH is 1. The van der Waals surface area contributed by atoms with Gasteiger partial charge in [0.1, 0.15) is 11.4 Å².